The van der Waals surface area contributed by atoms with Crippen molar-refractivity contribution in [1.82, 2.24) is 63.5 Å². The molecule has 0 N–H and O–H groups in total. The van der Waals surface area contributed by atoms with Gasteiger partial charge in [-0.05, 0) is 169 Å². The Balaban J connectivity index is 0.686. The summed E-state index contributed by atoms with van der Waals surface area (Å²) in [5.74, 6) is -1.11. The summed E-state index contributed by atoms with van der Waals surface area (Å²) in [5.41, 5.74) is 12.8. The zero-order valence-electron chi connectivity index (χ0n) is 51.4. The number of halogens is 6. The van der Waals surface area contributed by atoms with E-state index in [1.807, 2.05) is 118 Å². The van der Waals surface area contributed by atoms with Gasteiger partial charge in [-0.15, -0.1) is 0 Å². The first-order chi connectivity index (χ1) is 48.4. The number of fused-ring (bicyclic) bond motifs is 9. The second-order valence-electron chi connectivity index (χ2n) is 23.7. The van der Waals surface area contributed by atoms with Gasteiger partial charge in [0.2, 0.25) is 5.95 Å². The Kier molecular flexibility index (Phi) is 13.6. The number of benzene rings is 8. The number of nitrogens with zero attached hydrogens (tertiary/aromatic N) is 13. The molecule has 0 aliphatic carbocycles. The molecule has 0 saturated carbocycles. The van der Waals surface area contributed by atoms with Crippen molar-refractivity contribution in [2.75, 3.05) is 0 Å². The molecule has 10 heterocycles. The number of rotatable bonds is 11. The minimum atomic E-state index is -0.473. The molecule has 99 heavy (non-hydrogen) atoms. The molecule has 0 spiro atoms. The summed E-state index contributed by atoms with van der Waals surface area (Å²) in [5, 5.41) is 3.12. The molecule has 0 radical (unpaired) electrons. The summed E-state index contributed by atoms with van der Waals surface area (Å²) in [6, 6.07) is 66.1. The highest BCUT2D eigenvalue weighted by molar-refractivity contribution is 6.11. The lowest BCUT2D eigenvalue weighted by atomic mass is 10.0. The minimum absolute atomic E-state index is 0.229. The zero-order valence-corrected chi connectivity index (χ0v) is 51.4. The van der Waals surface area contributed by atoms with Gasteiger partial charge < -0.3 is 4.57 Å². The summed E-state index contributed by atoms with van der Waals surface area (Å²) in [6.45, 7) is 0. The maximum Gasteiger partial charge on any atom is 0.238 e. The van der Waals surface area contributed by atoms with Crippen LogP contribution in [0.2, 0.25) is 0 Å². The number of hydrogen-bond donors (Lipinski definition) is 0. The van der Waals surface area contributed by atoms with Gasteiger partial charge in [0.25, 0.3) is 0 Å². The lowest BCUT2D eigenvalue weighted by molar-refractivity contribution is 0.628. The lowest BCUT2D eigenvalue weighted by Crippen LogP contribution is -2.07. The van der Waals surface area contributed by atoms with E-state index in [0.29, 0.717) is 145 Å². The van der Waals surface area contributed by atoms with E-state index >= 15 is 8.78 Å². The van der Waals surface area contributed by atoms with Crippen molar-refractivity contribution >= 4 is 65.4 Å². The van der Waals surface area contributed by atoms with E-state index in [2.05, 4.69) is 9.97 Å². The van der Waals surface area contributed by atoms with E-state index in [1.54, 1.807) is 84.0 Å². The summed E-state index contributed by atoms with van der Waals surface area (Å²) in [4.78, 5) is 49.1. The molecule has 0 aliphatic heterocycles. The van der Waals surface area contributed by atoms with Gasteiger partial charge >= 0.3 is 0 Å². The third kappa shape index (κ3) is 10.3. The third-order valence-corrected chi connectivity index (χ3v) is 17.7. The second kappa shape index (κ2) is 23.2. The van der Waals surface area contributed by atoms with Crippen LogP contribution in [0.15, 0.2) is 261 Å². The van der Waals surface area contributed by atoms with Gasteiger partial charge in [-0.25, -0.2) is 46.3 Å². The van der Waals surface area contributed by atoms with Crippen LogP contribution in [0, 0.1) is 34.9 Å². The first kappa shape index (κ1) is 58.2. The monoisotopic (exact) mass is 1300 g/mol. The van der Waals surface area contributed by atoms with Gasteiger partial charge in [0.05, 0.1) is 73.0 Å². The zero-order chi connectivity index (χ0) is 66.6. The summed E-state index contributed by atoms with van der Waals surface area (Å²) in [7, 11) is 0. The Hall–Kier alpha value is -13.4. The average Bonchev–Trinajstić information content (AvgIpc) is 1.62. The predicted octanol–water partition coefficient (Wildman–Crippen LogP) is 19.1. The van der Waals surface area contributed by atoms with Gasteiger partial charge in [0.15, 0.2) is 17.5 Å². The van der Waals surface area contributed by atoms with Crippen molar-refractivity contribution in [3.63, 3.8) is 0 Å². The van der Waals surface area contributed by atoms with Crippen LogP contribution < -0.4 is 0 Å². The molecular formula is C80H43F6N13. The Morgan fingerprint density at radius 1 is 0.232 bits per heavy atom. The van der Waals surface area contributed by atoms with Crippen LogP contribution in [0.5, 0.6) is 0 Å². The lowest BCUT2D eigenvalue weighted by Gasteiger charge is -2.13. The standard InChI is InChI=1S/C80H43F6N13/c81-50-17-25-70-57(33-50)58-34-51(82)18-26-71(58)97(70)56-39-67(63-5-1-3-31-87-63)91-68(40-56)64-23-15-48(42-89-64)44-7-11-46(12-8-44)77-92-69(41-76(93-77)98-72-27-19-52(83)35-59(72)60-36-53(84)20-28-73(60)98)65-24-16-49(43-90-65)45-9-13-47(14-10-45)78-94-79(66-6-2-4-32-88-66)96-80(95-78)99-74-29-21-54(85)37-61(74)62-38-55(86)22-30-75(62)99/h1-43H. The molecule has 0 saturated heterocycles. The molecule has 10 aromatic heterocycles. The molecule has 8 aromatic carbocycles. The molecule has 0 bridgehead atoms. The Morgan fingerprint density at radius 3 is 1.01 bits per heavy atom. The summed E-state index contributed by atoms with van der Waals surface area (Å²) < 4.78 is 94.7. The maximum atomic E-state index is 15.0. The van der Waals surface area contributed by atoms with Crippen molar-refractivity contribution in [2.45, 2.75) is 0 Å². The first-order valence-corrected chi connectivity index (χ1v) is 31.3. The van der Waals surface area contributed by atoms with Crippen LogP contribution in [0.25, 0.3) is 174 Å². The molecule has 18 aromatic rings. The molecule has 0 aliphatic rings. The van der Waals surface area contributed by atoms with E-state index < -0.39 is 34.9 Å². The third-order valence-electron chi connectivity index (χ3n) is 17.7. The highest BCUT2D eigenvalue weighted by Gasteiger charge is 2.23. The molecular weight excluding hydrogens is 1260 g/mol. The molecule has 13 nitrogen and oxygen atoms in total. The fourth-order valence-electron chi connectivity index (χ4n) is 13.1. The van der Waals surface area contributed by atoms with Gasteiger partial charge in [0.1, 0.15) is 46.4 Å². The largest absolute Gasteiger partial charge is 0.309 e. The van der Waals surface area contributed by atoms with E-state index in [1.165, 1.54) is 72.8 Å². The average molecular weight is 1300 g/mol. The highest BCUT2D eigenvalue weighted by atomic mass is 19.1. The maximum absolute atomic E-state index is 15.0. The Labute approximate surface area is 557 Å². The van der Waals surface area contributed by atoms with E-state index in [9.17, 15) is 17.6 Å². The van der Waals surface area contributed by atoms with Crippen LogP contribution >= 0.6 is 0 Å². The van der Waals surface area contributed by atoms with Crippen molar-refractivity contribution in [3.05, 3.63) is 296 Å². The van der Waals surface area contributed by atoms with Crippen LogP contribution in [-0.4, -0.2) is 63.5 Å². The second-order valence-corrected chi connectivity index (χ2v) is 23.7. The van der Waals surface area contributed by atoms with Crippen LogP contribution in [0.3, 0.4) is 0 Å². The molecule has 0 fully saturated rings. The van der Waals surface area contributed by atoms with Crippen molar-refractivity contribution in [3.8, 4) is 108 Å². The van der Waals surface area contributed by atoms with E-state index in [-0.39, 0.29) is 5.95 Å². The quantitative estimate of drug-likeness (QED) is 0.115. The van der Waals surface area contributed by atoms with Crippen LogP contribution in [-0.2, 0) is 0 Å². The van der Waals surface area contributed by atoms with Crippen LogP contribution in [0.4, 0.5) is 26.3 Å². The molecule has 19 heteroatoms. The molecule has 470 valence electrons. The van der Waals surface area contributed by atoms with E-state index in [0.717, 1.165) is 22.3 Å². The molecule has 18 rings (SSSR count). The SMILES string of the molecule is Fc1ccc2c(c1)c1cc(F)ccc1n2-c1cc(-c2ccccn2)nc(-c2ccc(-c3ccc(-c4nc(-c5ccc(-c6ccc(-c7nc(-c8ccccn8)nc(-n8c9ccc(F)cc9c9cc(F)ccc98)n7)cc6)cn5)cc(-n5c6ccc(F)cc6c6cc(F)ccc65)n4)cc3)cn2)c1. The molecule has 0 amide bonds. The topological polar surface area (TPSA) is 144 Å². The van der Waals surface area contributed by atoms with Crippen molar-refractivity contribution in [2.24, 2.45) is 0 Å². The van der Waals surface area contributed by atoms with Crippen molar-refractivity contribution < 1.29 is 26.3 Å². The fourth-order valence-corrected chi connectivity index (χ4v) is 13.1. The molecule has 0 atom stereocenters. The van der Waals surface area contributed by atoms with Crippen molar-refractivity contribution in [1.29, 1.82) is 0 Å². The summed E-state index contributed by atoms with van der Waals surface area (Å²) in [6.07, 6.45) is 6.87. The summed E-state index contributed by atoms with van der Waals surface area (Å²) >= 11 is 0. The molecule has 0 unspecified atom stereocenters. The van der Waals surface area contributed by atoms with Gasteiger partial charge in [-0.3, -0.25) is 29.1 Å². The Morgan fingerprint density at radius 2 is 0.596 bits per heavy atom. The van der Waals surface area contributed by atoms with Gasteiger partial charge in [-0.2, -0.15) is 9.97 Å². The van der Waals surface area contributed by atoms with Gasteiger partial charge in [-0.1, -0.05) is 72.8 Å². The highest BCUT2D eigenvalue weighted by Crippen LogP contribution is 2.40. The minimum Gasteiger partial charge on any atom is -0.309 e. The van der Waals surface area contributed by atoms with E-state index in [4.69, 9.17) is 39.9 Å². The normalized spacial score (nSPS) is 11.7. The Bertz CT molecular complexity index is 5790. The fraction of sp³-hybridized carbons (Fsp3) is 0. The van der Waals surface area contributed by atoms with Crippen LogP contribution in [0.1, 0.15) is 0 Å². The smallest absolute Gasteiger partial charge is 0.238 e. The number of aromatic nitrogens is 13. The number of hydrogen-bond acceptors (Lipinski definition) is 10. The predicted molar refractivity (Wildman–Crippen MR) is 371 cm³/mol. The van der Waals surface area contributed by atoms with Gasteiger partial charge in [0, 0.05) is 85.4 Å². The number of pyridine rings is 5. The first-order valence-electron chi connectivity index (χ1n) is 31.3.